The Morgan fingerprint density at radius 3 is 2.65 bits per heavy atom. The largest absolute Gasteiger partial charge is 0.492 e. The van der Waals surface area contributed by atoms with Crippen LogP contribution in [0.2, 0.25) is 5.02 Å². The van der Waals surface area contributed by atoms with Gasteiger partial charge in [-0.2, -0.15) is 5.10 Å². The first-order chi connectivity index (χ1) is 16.3. The summed E-state index contributed by atoms with van der Waals surface area (Å²) < 4.78 is 13.6. The van der Waals surface area contributed by atoms with E-state index in [0.29, 0.717) is 50.0 Å². The highest BCUT2D eigenvalue weighted by Crippen LogP contribution is 2.29. The van der Waals surface area contributed by atoms with E-state index in [1.54, 1.807) is 6.20 Å². The number of piperidine rings is 1. The number of aliphatic hydroxyl groups excluding tert-OH is 1. The maximum absolute atomic E-state index is 11.2. The van der Waals surface area contributed by atoms with Gasteiger partial charge in [0.15, 0.2) is 0 Å². The van der Waals surface area contributed by atoms with Gasteiger partial charge in [0, 0.05) is 37.1 Å². The molecule has 0 saturated carbocycles. The molecule has 1 saturated heterocycles. The molecule has 2 N–H and O–H groups in total. The van der Waals surface area contributed by atoms with E-state index in [1.807, 2.05) is 67.2 Å². The molecule has 3 aromatic rings. The Kier molecular flexibility index (Phi) is 7.78. The van der Waals surface area contributed by atoms with Gasteiger partial charge in [-0.25, -0.2) is 0 Å². The lowest BCUT2D eigenvalue weighted by Gasteiger charge is -2.42. The second-order valence-electron chi connectivity index (χ2n) is 9.04. The van der Waals surface area contributed by atoms with Crippen molar-refractivity contribution < 1.29 is 19.7 Å². The van der Waals surface area contributed by atoms with Crippen molar-refractivity contribution in [3.63, 3.8) is 0 Å². The monoisotopic (exact) mass is 485 g/mol. The first kappa shape index (κ1) is 24.5. The molecule has 182 valence electrons. The van der Waals surface area contributed by atoms with Gasteiger partial charge in [0.25, 0.3) is 0 Å². The quantitative estimate of drug-likeness (QED) is 0.482. The Labute approximate surface area is 205 Å². The summed E-state index contributed by atoms with van der Waals surface area (Å²) in [5, 5.41) is 26.7. The number of aromatic nitrogens is 2. The third-order valence-corrected chi connectivity index (χ3v) is 6.78. The lowest BCUT2D eigenvalue weighted by Crippen LogP contribution is -2.59. The minimum Gasteiger partial charge on any atom is -0.492 e. The third-order valence-electron chi connectivity index (χ3n) is 6.19. The zero-order valence-electron chi connectivity index (χ0n) is 19.7. The summed E-state index contributed by atoms with van der Waals surface area (Å²) in [5.74, 6) is 1.44. The van der Waals surface area contributed by atoms with Gasteiger partial charge in [-0.1, -0.05) is 23.7 Å². The van der Waals surface area contributed by atoms with Crippen LogP contribution < -0.4 is 9.47 Å². The Hall–Kier alpha value is -2.58. The standard InChI is InChI=1S/C26H32ClN3O4/c1-19-13-23(14-20(2)25(19)27)34-18-26(32)17-29(10-7-24(26)31)16-21-5-3-6-22(15-21)33-12-11-30-9-4-8-28-30/h3-6,8-9,13-15,24,31-32H,7,10-12,16-18H2,1-2H3/t24-,26-/m0/s1. The number of hydrogen-bond acceptors (Lipinski definition) is 6. The summed E-state index contributed by atoms with van der Waals surface area (Å²) in [5.41, 5.74) is 1.56. The lowest BCUT2D eigenvalue weighted by atomic mass is 9.90. The highest BCUT2D eigenvalue weighted by Gasteiger charge is 2.42. The molecule has 8 heteroatoms. The molecule has 0 unspecified atom stereocenters. The predicted octanol–water partition coefficient (Wildman–Crippen LogP) is 3.61. The molecular weight excluding hydrogens is 454 g/mol. The average molecular weight is 486 g/mol. The van der Waals surface area contributed by atoms with Crippen LogP contribution in [-0.2, 0) is 13.1 Å². The van der Waals surface area contributed by atoms with Gasteiger partial charge >= 0.3 is 0 Å². The summed E-state index contributed by atoms with van der Waals surface area (Å²) in [6.45, 7) is 6.69. The first-order valence-corrected chi connectivity index (χ1v) is 11.9. The van der Waals surface area contributed by atoms with Crippen LogP contribution >= 0.6 is 11.6 Å². The Balaban J connectivity index is 1.34. The topological polar surface area (TPSA) is 80.0 Å². The van der Waals surface area contributed by atoms with Crippen molar-refractivity contribution in [2.75, 3.05) is 26.3 Å². The molecule has 0 aliphatic carbocycles. The van der Waals surface area contributed by atoms with Gasteiger partial charge in [0.1, 0.15) is 30.3 Å². The molecule has 0 bridgehead atoms. The van der Waals surface area contributed by atoms with E-state index < -0.39 is 11.7 Å². The molecule has 7 nitrogen and oxygen atoms in total. The average Bonchev–Trinajstić information content (AvgIpc) is 3.32. The number of hydrogen-bond donors (Lipinski definition) is 2. The predicted molar refractivity (Wildman–Crippen MR) is 131 cm³/mol. The summed E-state index contributed by atoms with van der Waals surface area (Å²) in [6, 6.07) is 13.6. The molecule has 1 aliphatic rings. The fourth-order valence-corrected chi connectivity index (χ4v) is 4.41. The van der Waals surface area contributed by atoms with Crippen molar-refractivity contribution in [1.29, 1.82) is 0 Å². The highest BCUT2D eigenvalue weighted by atomic mass is 35.5. The number of benzene rings is 2. The molecular formula is C26H32ClN3O4. The van der Waals surface area contributed by atoms with Gasteiger partial charge in [-0.15, -0.1) is 0 Å². The summed E-state index contributed by atoms with van der Waals surface area (Å²) in [7, 11) is 0. The SMILES string of the molecule is Cc1cc(OC[C@@]2(O)CN(Cc3cccc(OCCn4cccn4)c3)CC[C@@H]2O)cc(C)c1Cl. The molecule has 1 aliphatic heterocycles. The molecule has 34 heavy (non-hydrogen) atoms. The van der Waals surface area contributed by atoms with Crippen LogP contribution in [0.5, 0.6) is 11.5 Å². The number of rotatable bonds is 9. The molecule has 0 radical (unpaired) electrons. The third kappa shape index (κ3) is 6.10. The van der Waals surface area contributed by atoms with Gasteiger partial charge in [0.05, 0.1) is 12.6 Å². The van der Waals surface area contributed by atoms with Crippen LogP contribution in [0.3, 0.4) is 0 Å². The van der Waals surface area contributed by atoms with Crippen molar-refractivity contribution in [3.05, 3.63) is 76.6 Å². The number of β-amino-alcohol motifs (C(OH)–C–C–N with tert-alkyl or cyclic N) is 1. The first-order valence-electron chi connectivity index (χ1n) is 11.5. The van der Waals surface area contributed by atoms with E-state index in [-0.39, 0.29) is 6.61 Å². The van der Waals surface area contributed by atoms with Gasteiger partial charge in [-0.05, 0) is 67.3 Å². The fraction of sp³-hybridized carbons (Fsp3) is 0.423. The number of halogens is 1. The van der Waals surface area contributed by atoms with Crippen molar-refractivity contribution in [2.24, 2.45) is 0 Å². The molecule has 1 fully saturated rings. The number of nitrogens with zero attached hydrogens (tertiary/aromatic N) is 3. The fourth-order valence-electron chi connectivity index (χ4n) is 4.30. The molecule has 4 rings (SSSR count). The second-order valence-corrected chi connectivity index (χ2v) is 9.42. The van der Waals surface area contributed by atoms with Crippen molar-refractivity contribution >= 4 is 11.6 Å². The smallest absolute Gasteiger partial charge is 0.137 e. The Morgan fingerprint density at radius 1 is 1.12 bits per heavy atom. The Morgan fingerprint density at radius 2 is 1.91 bits per heavy atom. The zero-order valence-corrected chi connectivity index (χ0v) is 20.4. The zero-order chi connectivity index (χ0) is 24.1. The van der Waals surface area contributed by atoms with Crippen LogP contribution in [0.1, 0.15) is 23.1 Å². The molecule has 2 aromatic carbocycles. The molecule has 2 atom stereocenters. The van der Waals surface area contributed by atoms with Gasteiger partial charge < -0.3 is 19.7 Å². The van der Waals surface area contributed by atoms with Crippen LogP contribution in [0.25, 0.3) is 0 Å². The van der Waals surface area contributed by atoms with E-state index in [9.17, 15) is 10.2 Å². The Bertz CT molecular complexity index is 1070. The van der Waals surface area contributed by atoms with Crippen molar-refractivity contribution in [3.8, 4) is 11.5 Å². The number of aryl methyl sites for hydroxylation is 2. The second kappa shape index (κ2) is 10.8. The van der Waals surface area contributed by atoms with E-state index >= 15 is 0 Å². The van der Waals surface area contributed by atoms with E-state index in [4.69, 9.17) is 21.1 Å². The van der Waals surface area contributed by atoms with Crippen LogP contribution in [0.15, 0.2) is 54.9 Å². The summed E-state index contributed by atoms with van der Waals surface area (Å²) in [6.07, 6.45) is 3.28. The number of ether oxygens (including phenoxy) is 2. The normalized spacial score (nSPS) is 20.9. The van der Waals surface area contributed by atoms with Gasteiger partial charge in [0.2, 0.25) is 0 Å². The number of likely N-dealkylation sites (tertiary alicyclic amines) is 1. The molecule has 2 heterocycles. The minimum atomic E-state index is -1.36. The van der Waals surface area contributed by atoms with Crippen LogP contribution in [-0.4, -0.2) is 62.9 Å². The molecule has 0 amide bonds. The summed E-state index contributed by atoms with van der Waals surface area (Å²) in [4.78, 5) is 2.14. The summed E-state index contributed by atoms with van der Waals surface area (Å²) >= 11 is 6.24. The molecule has 0 spiro atoms. The van der Waals surface area contributed by atoms with Gasteiger partial charge in [-0.3, -0.25) is 9.58 Å². The van der Waals surface area contributed by atoms with Crippen LogP contribution in [0.4, 0.5) is 0 Å². The number of aliphatic hydroxyl groups is 2. The highest BCUT2D eigenvalue weighted by molar-refractivity contribution is 6.32. The van der Waals surface area contributed by atoms with Crippen molar-refractivity contribution in [2.45, 2.75) is 45.1 Å². The maximum Gasteiger partial charge on any atom is 0.137 e. The maximum atomic E-state index is 11.2. The van der Waals surface area contributed by atoms with Crippen molar-refractivity contribution in [1.82, 2.24) is 14.7 Å². The lowest BCUT2D eigenvalue weighted by molar-refractivity contribution is -0.140. The van der Waals surface area contributed by atoms with E-state index in [2.05, 4.69) is 10.00 Å². The minimum absolute atomic E-state index is 0.00174. The van der Waals surface area contributed by atoms with E-state index in [1.165, 1.54) is 0 Å². The van der Waals surface area contributed by atoms with Crippen LogP contribution in [0, 0.1) is 13.8 Å². The molecule has 1 aromatic heterocycles. The van der Waals surface area contributed by atoms with E-state index in [0.717, 1.165) is 22.4 Å².